The van der Waals surface area contributed by atoms with Gasteiger partial charge in [0.2, 0.25) is 0 Å². The molecule has 3 heteroatoms. The predicted molar refractivity (Wildman–Crippen MR) is 82.6 cm³/mol. The lowest BCUT2D eigenvalue weighted by Crippen LogP contribution is -2.48. The van der Waals surface area contributed by atoms with Gasteiger partial charge in [-0.2, -0.15) is 5.26 Å². The van der Waals surface area contributed by atoms with Crippen LogP contribution in [-0.4, -0.2) is 18.8 Å². The standard InChI is InChI=1S/C18H25NO2/c1-21-15-18(20,16-10-6-5-7-11-16)17(14-19)12-8-3-2-4-9-13-17/h5-7,10-11,20H,2-4,8-9,12-13,15H2,1H3. The molecular weight excluding hydrogens is 262 g/mol. The maximum absolute atomic E-state index is 11.4. The van der Waals surface area contributed by atoms with Crippen molar-refractivity contribution in [3.8, 4) is 6.07 Å². The minimum Gasteiger partial charge on any atom is -0.381 e. The van der Waals surface area contributed by atoms with E-state index in [4.69, 9.17) is 4.74 Å². The smallest absolute Gasteiger partial charge is 0.131 e. The molecule has 1 aromatic rings. The van der Waals surface area contributed by atoms with Gasteiger partial charge in [-0.15, -0.1) is 0 Å². The molecule has 0 aromatic heterocycles. The molecule has 1 fully saturated rings. The first-order chi connectivity index (χ1) is 10.2. The number of nitrogens with zero attached hydrogens (tertiary/aromatic N) is 1. The van der Waals surface area contributed by atoms with Crippen LogP contribution in [0.4, 0.5) is 0 Å². The molecule has 1 aromatic carbocycles. The summed E-state index contributed by atoms with van der Waals surface area (Å²) in [4.78, 5) is 0. The molecule has 0 spiro atoms. The highest BCUT2D eigenvalue weighted by Crippen LogP contribution is 2.48. The molecule has 0 aliphatic heterocycles. The number of rotatable bonds is 4. The van der Waals surface area contributed by atoms with Crippen LogP contribution < -0.4 is 0 Å². The predicted octanol–water partition coefficient (Wildman–Crippen LogP) is 3.77. The van der Waals surface area contributed by atoms with Crippen molar-refractivity contribution in [2.45, 2.75) is 50.5 Å². The van der Waals surface area contributed by atoms with E-state index in [-0.39, 0.29) is 6.61 Å². The van der Waals surface area contributed by atoms with E-state index in [0.29, 0.717) is 0 Å². The van der Waals surface area contributed by atoms with E-state index in [1.165, 1.54) is 6.42 Å². The number of methoxy groups -OCH3 is 1. The molecule has 0 amide bonds. The van der Waals surface area contributed by atoms with Crippen molar-refractivity contribution >= 4 is 0 Å². The first-order valence-electron chi connectivity index (χ1n) is 7.87. The van der Waals surface area contributed by atoms with Gasteiger partial charge in [0.15, 0.2) is 0 Å². The summed E-state index contributed by atoms with van der Waals surface area (Å²) in [6.07, 6.45) is 6.97. The van der Waals surface area contributed by atoms with E-state index < -0.39 is 11.0 Å². The summed E-state index contributed by atoms with van der Waals surface area (Å²) in [5.74, 6) is 0. The topological polar surface area (TPSA) is 53.2 Å². The van der Waals surface area contributed by atoms with Crippen molar-refractivity contribution < 1.29 is 9.84 Å². The second kappa shape index (κ2) is 7.06. The van der Waals surface area contributed by atoms with Crippen molar-refractivity contribution in [3.63, 3.8) is 0 Å². The van der Waals surface area contributed by atoms with Gasteiger partial charge in [-0.1, -0.05) is 62.4 Å². The van der Waals surface area contributed by atoms with E-state index in [1.807, 2.05) is 30.3 Å². The number of nitriles is 1. The number of aliphatic hydroxyl groups is 1. The summed E-state index contributed by atoms with van der Waals surface area (Å²) < 4.78 is 5.31. The molecule has 1 saturated carbocycles. The third-order valence-electron chi connectivity index (χ3n) is 4.82. The number of hydrogen-bond donors (Lipinski definition) is 1. The molecule has 114 valence electrons. The normalized spacial score (nSPS) is 21.6. The summed E-state index contributed by atoms with van der Waals surface area (Å²) in [5.41, 5.74) is -1.21. The molecule has 0 saturated heterocycles. The highest BCUT2D eigenvalue weighted by Gasteiger charge is 2.51. The van der Waals surface area contributed by atoms with Crippen LogP contribution >= 0.6 is 0 Å². The fourth-order valence-corrected chi connectivity index (χ4v) is 3.55. The van der Waals surface area contributed by atoms with E-state index in [9.17, 15) is 10.4 Å². The maximum atomic E-state index is 11.4. The highest BCUT2D eigenvalue weighted by molar-refractivity contribution is 5.29. The first-order valence-corrected chi connectivity index (χ1v) is 7.87. The van der Waals surface area contributed by atoms with E-state index in [2.05, 4.69) is 6.07 Å². The molecule has 1 aliphatic carbocycles. The molecule has 0 radical (unpaired) electrons. The maximum Gasteiger partial charge on any atom is 0.131 e. The molecule has 0 heterocycles. The summed E-state index contributed by atoms with van der Waals surface area (Å²) in [7, 11) is 1.59. The monoisotopic (exact) mass is 287 g/mol. The lowest BCUT2D eigenvalue weighted by atomic mass is 9.63. The fraction of sp³-hybridized carbons (Fsp3) is 0.611. The number of hydrogen-bond acceptors (Lipinski definition) is 3. The largest absolute Gasteiger partial charge is 0.381 e. The highest BCUT2D eigenvalue weighted by atomic mass is 16.5. The number of benzene rings is 1. The van der Waals surface area contributed by atoms with Gasteiger partial charge >= 0.3 is 0 Å². The van der Waals surface area contributed by atoms with Crippen molar-refractivity contribution in [1.29, 1.82) is 5.26 Å². The average molecular weight is 287 g/mol. The molecule has 3 nitrogen and oxygen atoms in total. The van der Waals surface area contributed by atoms with Crippen LogP contribution in [0.5, 0.6) is 0 Å². The van der Waals surface area contributed by atoms with E-state index in [0.717, 1.165) is 44.1 Å². The molecule has 2 rings (SSSR count). The zero-order chi connectivity index (χ0) is 15.2. The average Bonchev–Trinajstić information content (AvgIpc) is 2.49. The van der Waals surface area contributed by atoms with E-state index in [1.54, 1.807) is 7.11 Å². The van der Waals surface area contributed by atoms with E-state index >= 15 is 0 Å². The van der Waals surface area contributed by atoms with Crippen LogP contribution in [0, 0.1) is 16.7 Å². The van der Waals surface area contributed by atoms with Crippen LogP contribution in [-0.2, 0) is 10.3 Å². The molecule has 1 N–H and O–H groups in total. The van der Waals surface area contributed by atoms with Gasteiger partial charge in [-0.05, 0) is 18.4 Å². The molecule has 1 aliphatic rings. The van der Waals surface area contributed by atoms with Crippen LogP contribution in [0.2, 0.25) is 0 Å². The zero-order valence-electron chi connectivity index (χ0n) is 12.8. The Kier molecular flexibility index (Phi) is 5.39. The minimum absolute atomic E-state index is 0.157. The first kappa shape index (κ1) is 16.0. The SMILES string of the molecule is COCC(O)(c1ccccc1)C1(C#N)CCCCCCC1. The van der Waals surface area contributed by atoms with Crippen LogP contribution in [0.15, 0.2) is 30.3 Å². The lowest BCUT2D eigenvalue weighted by Gasteiger charge is -2.43. The van der Waals surface area contributed by atoms with Crippen molar-refractivity contribution in [2.75, 3.05) is 13.7 Å². The Morgan fingerprint density at radius 3 is 2.24 bits per heavy atom. The van der Waals surface area contributed by atoms with Crippen molar-refractivity contribution in [1.82, 2.24) is 0 Å². The lowest BCUT2D eigenvalue weighted by molar-refractivity contribution is -0.118. The molecule has 1 unspecified atom stereocenters. The Morgan fingerprint density at radius 1 is 1.14 bits per heavy atom. The summed E-state index contributed by atoms with van der Waals surface area (Å²) in [6, 6.07) is 12.0. The Hall–Kier alpha value is -1.37. The van der Waals surface area contributed by atoms with Gasteiger partial charge < -0.3 is 9.84 Å². The third-order valence-corrected chi connectivity index (χ3v) is 4.82. The Labute approximate surface area is 127 Å². The van der Waals surface area contributed by atoms with Gasteiger partial charge in [0.1, 0.15) is 5.60 Å². The summed E-state index contributed by atoms with van der Waals surface area (Å²) in [6.45, 7) is 0.157. The summed E-state index contributed by atoms with van der Waals surface area (Å²) >= 11 is 0. The Morgan fingerprint density at radius 2 is 1.71 bits per heavy atom. The molecule has 1 atom stereocenters. The Balaban J connectivity index is 2.44. The molecule has 0 bridgehead atoms. The van der Waals surface area contributed by atoms with Crippen LogP contribution in [0.3, 0.4) is 0 Å². The van der Waals surface area contributed by atoms with Crippen LogP contribution in [0.1, 0.15) is 50.5 Å². The quantitative estimate of drug-likeness (QED) is 0.917. The van der Waals surface area contributed by atoms with Crippen molar-refractivity contribution in [2.24, 2.45) is 5.41 Å². The second-order valence-corrected chi connectivity index (χ2v) is 6.12. The summed E-state index contributed by atoms with van der Waals surface area (Å²) in [5, 5.41) is 21.3. The minimum atomic E-state index is -1.24. The fourth-order valence-electron chi connectivity index (χ4n) is 3.55. The third kappa shape index (κ3) is 3.12. The zero-order valence-corrected chi connectivity index (χ0v) is 12.8. The Bertz CT molecular complexity index is 472. The van der Waals surface area contributed by atoms with Crippen LogP contribution in [0.25, 0.3) is 0 Å². The van der Waals surface area contributed by atoms with Gasteiger partial charge in [-0.3, -0.25) is 0 Å². The second-order valence-electron chi connectivity index (χ2n) is 6.12. The number of ether oxygens (including phenoxy) is 1. The van der Waals surface area contributed by atoms with Gasteiger partial charge in [0, 0.05) is 7.11 Å². The van der Waals surface area contributed by atoms with Gasteiger partial charge in [0.25, 0.3) is 0 Å². The van der Waals surface area contributed by atoms with Gasteiger partial charge in [-0.25, -0.2) is 0 Å². The molecule has 21 heavy (non-hydrogen) atoms. The van der Waals surface area contributed by atoms with Crippen molar-refractivity contribution in [3.05, 3.63) is 35.9 Å². The van der Waals surface area contributed by atoms with Gasteiger partial charge in [0.05, 0.1) is 18.1 Å². The molecular formula is C18H25NO2.